The predicted molar refractivity (Wildman–Crippen MR) is 60.1 cm³/mol. The predicted octanol–water partition coefficient (Wildman–Crippen LogP) is 4.18. The van der Waals surface area contributed by atoms with Crippen molar-refractivity contribution < 1.29 is 0 Å². The molecule has 70 valence electrons. The van der Waals surface area contributed by atoms with E-state index < -0.39 is 0 Å². The molecule has 13 heavy (non-hydrogen) atoms. The van der Waals surface area contributed by atoms with Gasteiger partial charge in [0.2, 0.25) is 0 Å². The molecule has 0 bridgehead atoms. The molecule has 0 aliphatic rings. The van der Waals surface area contributed by atoms with E-state index in [2.05, 4.69) is 32.6 Å². The van der Waals surface area contributed by atoms with Crippen LogP contribution < -0.4 is 0 Å². The quantitative estimate of drug-likeness (QED) is 0.677. The third-order valence-corrected chi connectivity index (χ3v) is 2.29. The first-order valence-corrected chi connectivity index (χ1v) is 4.92. The van der Waals surface area contributed by atoms with Gasteiger partial charge in [0.1, 0.15) is 0 Å². The first-order chi connectivity index (χ1) is 6.13. The van der Waals surface area contributed by atoms with Crippen molar-refractivity contribution in [2.45, 2.75) is 20.3 Å². The Morgan fingerprint density at radius 1 is 1.46 bits per heavy atom. The Labute approximate surface area is 85.2 Å². The van der Waals surface area contributed by atoms with Gasteiger partial charge in [-0.1, -0.05) is 50.2 Å². The Balaban J connectivity index is 2.91. The Bertz CT molecular complexity index is 300. The van der Waals surface area contributed by atoms with Crippen LogP contribution in [0.1, 0.15) is 25.0 Å². The molecular formula is C12H15Cl. The Morgan fingerprint density at radius 2 is 2.15 bits per heavy atom. The smallest absolute Gasteiger partial charge is 0.0444 e. The van der Waals surface area contributed by atoms with E-state index in [9.17, 15) is 0 Å². The van der Waals surface area contributed by atoms with Crippen LogP contribution >= 0.6 is 11.6 Å². The van der Waals surface area contributed by atoms with E-state index in [0.717, 1.165) is 17.0 Å². The van der Waals surface area contributed by atoms with Crippen molar-refractivity contribution in [3.63, 3.8) is 0 Å². The van der Waals surface area contributed by atoms with Crippen molar-refractivity contribution in [1.82, 2.24) is 0 Å². The molecule has 1 heteroatoms. The van der Waals surface area contributed by atoms with Gasteiger partial charge < -0.3 is 0 Å². The summed E-state index contributed by atoms with van der Waals surface area (Å²) in [5, 5.41) is 0.853. The van der Waals surface area contributed by atoms with E-state index in [1.807, 2.05) is 12.1 Å². The number of hydrogen-bond acceptors (Lipinski definition) is 0. The maximum atomic E-state index is 6.10. The lowest BCUT2D eigenvalue weighted by atomic mass is 10.0. The first-order valence-electron chi connectivity index (χ1n) is 4.54. The summed E-state index contributed by atoms with van der Waals surface area (Å²) in [6.45, 7) is 8.09. The van der Waals surface area contributed by atoms with Gasteiger partial charge in [-0.2, -0.15) is 0 Å². The number of halogens is 1. The van der Waals surface area contributed by atoms with E-state index in [1.165, 1.54) is 5.56 Å². The van der Waals surface area contributed by atoms with E-state index in [4.69, 9.17) is 11.6 Å². The van der Waals surface area contributed by atoms with Gasteiger partial charge in [-0.25, -0.2) is 0 Å². The molecule has 0 radical (unpaired) electrons. The van der Waals surface area contributed by atoms with Crippen molar-refractivity contribution in [1.29, 1.82) is 0 Å². The van der Waals surface area contributed by atoms with Crippen LogP contribution in [0.4, 0.5) is 0 Å². The summed E-state index contributed by atoms with van der Waals surface area (Å²) in [4.78, 5) is 0. The largest absolute Gasteiger partial charge is 0.0985 e. The van der Waals surface area contributed by atoms with Gasteiger partial charge in [0, 0.05) is 5.02 Å². The second-order valence-electron chi connectivity index (χ2n) is 3.65. The number of rotatable bonds is 3. The zero-order valence-corrected chi connectivity index (χ0v) is 8.93. The van der Waals surface area contributed by atoms with Crippen LogP contribution in [0.2, 0.25) is 5.02 Å². The summed E-state index contributed by atoms with van der Waals surface area (Å²) in [5.41, 5.74) is 2.31. The zero-order valence-electron chi connectivity index (χ0n) is 8.18. The van der Waals surface area contributed by atoms with Crippen LogP contribution in [0.5, 0.6) is 0 Å². The zero-order chi connectivity index (χ0) is 9.84. The average Bonchev–Trinajstić information content (AvgIpc) is 2.08. The molecule has 0 unspecified atom stereocenters. The van der Waals surface area contributed by atoms with Crippen molar-refractivity contribution in [2.24, 2.45) is 5.92 Å². The molecular weight excluding hydrogens is 180 g/mol. The first kappa shape index (κ1) is 10.3. The monoisotopic (exact) mass is 194 g/mol. The van der Waals surface area contributed by atoms with E-state index >= 15 is 0 Å². The Hall–Kier alpha value is -0.750. The van der Waals surface area contributed by atoms with Crippen LogP contribution in [0.15, 0.2) is 24.8 Å². The fourth-order valence-electron chi connectivity index (χ4n) is 1.30. The molecule has 0 aliphatic heterocycles. The van der Waals surface area contributed by atoms with E-state index in [0.29, 0.717) is 5.92 Å². The highest BCUT2D eigenvalue weighted by Gasteiger charge is 2.02. The molecule has 0 spiro atoms. The highest BCUT2D eigenvalue weighted by atomic mass is 35.5. The minimum atomic E-state index is 0.645. The van der Waals surface area contributed by atoms with Gasteiger partial charge in [-0.05, 0) is 29.5 Å². The molecule has 0 aromatic heterocycles. The van der Waals surface area contributed by atoms with Gasteiger partial charge in [-0.15, -0.1) is 0 Å². The summed E-state index contributed by atoms with van der Waals surface area (Å²) >= 11 is 6.10. The van der Waals surface area contributed by atoms with E-state index in [1.54, 1.807) is 0 Å². The van der Waals surface area contributed by atoms with Gasteiger partial charge in [0.25, 0.3) is 0 Å². The lowest BCUT2D eigenvalue weighted by Crippen LogP contribution is -1.94. The summed E-state index contributed by atoms with van der Waals surface area (Å²) in [5.74, 6) is 0.645. The highest BCUT2D eigenvalue weighted by Crippen LogP contribution is 2.21. The summed E-state index contributed by atoms with van der Waals surface area (Å²) in [6, 6.07) is 6.10. The molecule has 1 aromatic carbocycles. The summed E-state index contributed by atoms with van der Waals surface area (Å²) in [7, 11) is 0. The van der Waals surface area contributed by atoms with Gasteiger partial charge in [-0.3, -0.25) is 0 Å². The second-order valence-corrected chi connectivity index (χ2v) is 4.06. The van der Waals surface area contributed by atoms with E-state index in [-0.39, 0.29) is 0 Å². The maximum absolute atomic E-state index is 6.10. The maximum Gasteiger partial charge on any atom is 0.0444 e. The highest BCUT2D eigenvalue weighted by molar-refractivity contribution is 6.31. The second kappa shape index (κ2) is 4.48. The van der Waals surface area contributed by atoms with Gasteiger partial charge in [0.05, 0.1) is 0 Å². The van der Waals surface area contributed by atoms with Crippen molar-refractivity contribution >= 4 is 17.7 Å². The Morgan fingerprint density at radius 3 is 2.62 bits per heavy atom. The molecule has 0 nitrogen and oxygen atoms in total. The molecule has 0 heterocycles. The van der Waals surface area contributed by atoms with Crippen molar-refractivity contribution in [3.05, 3.63) is 40.9 Å². The molecule has 0 fully saturated rings. The van der Waals surface area contributed by atoms with Gasteiger partial charge >= 0.3 is 0 Å². The molecule has 0 saturated heterocycles. The van der Waals surface area contributed by atoms with Crippen LogP contribution in [-0.4, -0.2) is 0 Å². The summed E-state index contributed by atoms with van der Waals surface area (Å²) in [6.07, 6.45) is 2.85. The molecule has 0 saturated carbocycles. The lowest BCUT2D eigenvalue weighted by molar-refractivity contribution is 0.647. The Kier molecular flexibility index (Phi) is 3.56. The third kappa shape index (κ3) is 2.89. The molecule has 0 amide bonds. The third-order valence-electron chi connectivity index (χ3n) is 1.94. The van der Waals surface area contributed by atoms with Crippen molar-refractivity contribution in [3.8, 4) is 0 Å². The molecule has 0 aliphatic carbocycles. The topological polar surface area (TPSA) is 0 Å². The van der Waals surface area contributed by atoms with Crippen LogP contribution in [-0.2, 0) is 6.42 Å². The van der Waals surface area contributed by atoms with Crippen LogP contribution in [0.25, 0.3) is 6.08 Å². The molecule has 0 N–H and O–H groups in total. The standard InChI is InChI=1S/C12H15Cl/c1-4-10-5-6-11(7-9(2)3)12(13)8-10/h4-6,8-9H,1,7H2,2-3H3. The minimum Gasteiger partial charge on any atom is -0.0985 e. The van der Waals surface area contributed by atoms with Crippen molar-refractivity contribution in [2.75, 3.05) is 0 Å². The summed E-state index contributed by atoms with van der Waals surface area (Å²) < 4.78 is 0. The number of benzene rings is 1. The minimum absolute atomic E-state index is 0.645. The van der Waals surface area contributed by atoms with Crippen LogP contribution in [0.3, 0.4) is 0 Å². The van der Waals surface area contributed by atoms with Crippen LogP contribution in [0, 0.1) is 5.92 Å². The molecule has 1 rings (SSSR count). The SMILES string of the molecule is C=Cc1ccc(CC(C)C)c(Cl)c1. The lowest BCUT2D eigenvalue weighted by Gasteiger charge is -2.07. The van der Waals surface area contributed by atoms with Gasteiger partial charge in [0.15, 0.2) is 0 Å². The average molecular weight is 195 g/mol. The molecule has 1 aromatic rings. The molecule has 0 atom stereocenters. The fraction of sp³-hybridized carbons (Fsp3) is 0.333. The fourth-order valence-corrected chi connectivity index (χ4v) is 1.56. The number of hydrogen-bond donors (Lipinski definition) is 0. The normalized spacial score (nSPS) is 10.5.